The van der Waals surface area contributed by atoms with E-state index < -0.39 is 4.92 Å². The number of nitrogens with one attached hydrogen (secondary N) is 1. The Morgan fingerprint density at radius 3 is 1.90 bits per heavy atom. The Morgan fingerprint density at radius 2 is 1.31 bits per heavy atom. The number of fused-ring (bicyclic) bond motifs is 9. The number of hydrogen-bond acceptors (Lipinski definition) is 19. The molecule has 25 heteroatoms. The summed E-state index contributed by atoms with van der Waals surface area (Å²) in [6.07, 6.45) is 7.61. The summed E-state index contributed by atoms with van der Waals surface area (Å²) >= 11 is 0. The summed E-state index contributed by atoms with van der Waals surface area (Å²) in [6.45, 7) is 10.9. The average Bonchev–Trinajstić information content (AvgIpc) is 3.72. The molecule has 3 aliphatic heterocycles. The second-order valence-electron chi connectivity index (χ2n) is 17.3. The van der Waals surface area contributed by atoms with Gasteiger partial charge in [-0.2, -0.15) is 0 Å². The van der Waals surface area contributed by atoms with Gasteiger partial charge in [-0.15, -0.1) is 15.3 Å². The molecule has 1 aliphatic carbocycles. The molecular formula is C45H46N18O7. The molecule has 5 aromatic heterocycles. The molecule has 3 atom stereocenters. The molecule has 0 unspecified atom stereocenters. The van der Waals surface area contributed by atoms with Gasteiger partial charge in [0.2, 0.25) is 5.75 Å². The number of nitro groups is 1. The minimum atomic E-state index is -0.469. The molecule has 4 aliphatic rings. The number of benzene rings is 3. The fourth-order valence-corrected chi connectivity index (χ4v) is 8.03. The molecule has 8 heterocycles. The topological polar surface area (TPSA) is 297 Å². The molecule has 25 nitrogen and oxygen atoms in total. The number of rotatable bonds is 7. The molecule has 0 spiro atoms. The van der Waals surface area contributed by atoms with Crippen molar-refractivity contribution in [3.63, 3.8) is 0 Å². The van der Waals surface area contributed by atoms with Crippen LogP contribution in [0.5, 0.6) is 23.0 Å². The van der Waals surface area contributed by atoms with E-state index >= 15 is 0 Å². The molecule has 0 saturated heterocycles. The standard InChI is InChI=1S/C25H26N8O3.C10H9N5O3.C10H11N5O/c1-14(2)36-22-10-26-19(9-21(22)32-11-20(27-13-32)16-7-8-16)25(34)28-18-6-4-5-17-23(18)35-12-15(3)33-24(17)29-30-31-33;1-6-5-18-9-7(10-11-12-13-14(6)10)3-2-4-8(9)15(16)17;1-6-5-16-9-7(3-2-4-8(9)11)10-12-13-14-15(6)10/h4-6,9-11,13-16H,7-8,12H2,1-3H3,(H,28,34);2-4,6H,5H2,1H3;2-4,6H,5,11H2,1H3/t15-;2*6-/m000/s1. The van der Waals surface area contributed by atoms with E-state index in [1.54, 1.807) is 50.8 Å². The van der Waals surface area contributed by atoms with Crippen LogP contribution < -0.4 is 30.0 Å². The van der Waals surface area contributed by atoms with E-state index in [-0.39, 0.29) is 53.9 Å². The summed E-state index contributed by atoms with van der Waals surface area (Å²) in [5.41, 5.74) is 11.0. The zero-order valence-corrected chi connectivity index (χ0v) is 38.5. The number of ether oxygens (including phenoxy) is 4. The number of tetrazole rings is 3. The van der Waals surface area contributed by atoms with Crippen LogP contribution in [0, 0.1) is 10.1 Å². The van der Waals surface area contributed by atoms with Gasteiger partial charge in [-0.25, -0.2) is 24.0 Å². The van der Waals surface area contributed by atoms with Crippen LogP contribution in [-0.2, 0) is 0 Å². The number of pyridine rings is 1. The van der Waals surface area contributed by atoms with E-state index in [1.165, 1.54) is 6.07 Å². The van der Waals surface area contributed by atoms with Crippen molar-refractivity contribution < 1.29 is 28.7 Å². The van der Waals surface area contributed by atoms with Crippen molar-refractivity contribution in [3.05, 3.63) is 101 Å². The number of nitro benzene ring substituents is 1. The highest BCUT2D eigenvalue weighted by molar-refractivity contribution is 6.04. The number of anilines is 2. The third-order valence-electron chi connectivity index (χ3n) is 11.7. The first-order chi connectivity index (χ1) is 33.9. The maximum atomic E-state index is 13.3. The molecule has 0 radical (unpaired) electrons. The summed E-state index contributed by atoms with van der Waals surface area (Å²) in [5, 5.41) is 49.0. The highest BCUT2D eigenvalue weighted by atomic mass is 16.6. The molecule has 8 aromatic rings. The van der Waals surface area contributed by atoms with Crippen molar-refractivity contribution in [3.8, 4) is 62.8 Å². The van der Waals surface area contributed by atoms with Crippen LogP contribution in [0.25, 0.3) is 39.9 Å². The van der Waals surface area contributed by atoms with E-state index in [2.05, 4.69) is 61.9 Å². The maximum absolute atomic E-state index is 13.3. The lowest BCUT2D eigenvalue weighted by Gasteiger charge is -2.16. The normalized spacial score (nSPS) is 17.1. The van der Waals surface area contributed by atoms with Gasteiger partial charge in [0.25, 0.3) is 5.91 Å². The van der Waals surface area contributed by atoms with E-state index in [1.807, 2.05) is 75.7 Å². The first kappa shape index (κ1) is 44.9. The molecule has 1 saturated carbocycles. The lowest BCUT2D eigenvalue weighted by Crippen LogP contribution is -2.17. The van der Waals surface area contributed by atoms with Crippen molar-refractivity contribution >= 4 is 23.0 Å². The number of amides is 1. The molecule has 0 bridgehead atoms. The zero-order valence-electron chi connectivity index (χ0n) is 38.5. The van der Waals surface area contributed by atoms with Crippen molar-refractivity contribution in [2.24, 2.45) is 0 Å². The number of carbonyl (C=O) groups is 1. The molecule has 70 heavy (non-hydrogen) atoms. The van der Waals surface area contributed by atoms with Crippen LogP contribution in [0.4, 0.5) is 17.1 Å². The Kier molecular flexibility index (Phi) is 12.0. The Morgan fingerprint density at radius 1 is 0.771 bits per heavy atom. The van der Waals surface area contributed by atoms with E-state index in [0.29, 0.717) is 82.0 Å². The SMILES string of the molecule is CC(C)Oc1cnc(C(=O)Nc2cccc3c2OC[C@H](C)n2nnnc2-3)cc1-n1cnc(C2CC2)c1.C[C@H]1COc2c(N)cccc2-c2nnnn21.C[C@H]1COc2c(cccc2[N+](=O)[O-])-c2nnnn21. The molecule has 12 rings (SSSR count). The molecule has 1 amide bonds. The van der Waals surface area contributed by atoms with Gasteiger partial charge < -0.3 is 34.6 Å². The first-order valence-corrected chi connectivity index (χ1v) is 22.5. The Labute approximate surface area is 398 Å². The molecule has 1 fully saturated rings. The van der Waals surface area contributed by atoms with Crippen LogP contribution in [-0.4, -0.2) is 112 Å². The second-order valence-corrected chi connectivity index (χ2v) is 17.3. The third kappa shape index (κ3) is 8.74. The van der Waals surface area contributed by atoms with E-state index in [4.69, 9.17) is 24.7 Å². The van der Waals surface area contributed by atoms with Gasteiger partial charge in [-0.3, -0.25) is 14.9 Å². The van der Waals surface area contributed by atoms with E-state index in [9.17, 15) is 14.9 Å². The Balaban J connectivity index is 0.000000138. The van der Waals surface area contributed by atoms with Crippen molar-refractivity contribution in [2.75, 3.05) is 30.9 Å². The Hall–Kier alpha value is -8.90. The number of carbonyl (C=O) groups excluding carboxylic acids is 1. The van der Waals surface area contributed by atoms with Gasteiger partial charge in [-0.05, 0) is 115 Å². The van der Waals surface area contributed by atoms with Crippen molar-refractivity contribution in [1.29, 1.82) is 0 Å². The largest absolute Gasteiger partial charge is 0.488 e. The van der Waals surface area contributed by atoms with Crippen molar-refractivity contribution in [1.82, 2.24) is 75.2 Å². The highest BCUT2D eigenvalue weighted by Crippen LogP contribution is 2.42. The van der Waals surface area contributed by atoms with Gasteiger partial charge in [0.15, 0.2) is 34.7 Å². The molecule has 3 aromatic carbocycles. The maximum Gasteiger partial charge on any atom is 0.311 e. The molecular weight excluding hydrogens is 905 g/mol. The summed E-state index contributed by atoms with van der Waals surface area (Å²) < 4.78 is 30.2. The second kappa shape index (κ2) is 18.6. The van der Waals surface area contributed by atoms with Crippen LogP contribution in [0.1, 0.15) is 87.7 Å². The fourth-order valence-electron chi connectivity index (χ4n) is 8.03. The van der Waals surface area contributed by atoms with Gasteiger partial charge >= 0.3 is 5.69 Å². The van der Waals surface area contributed by atoms with Gasteiger partial charge in [0, 0.05) is 18.2 Å². The highest BCUT2D eigenvalue weighted by Gasteiger charge is 2.31. The van der Waals surface area contributed by atoms with Crippen LogP contribution >= 0.6 is 0 Å². The number of nitrogens with two attached hydrogens (primary N) is 1. The molecule has 3 N–H and O–H groups in total. The quantitative estimate of drug-likeness (QED) is 0.107. The third-order valence-corrected chi connectivity index (χ3v) is 11.7. The number of imidazole rings is 1. The predicted octanol–water partition coefficient (Wildman–Crippen LogP) is 5.87. The minimum Gasteiger partial charge on any atom is -0.488 e. The van der Waals surface area contributed by atoms with Gasteiger partial charge in [-0.1, -0.05) is 18.2 Å². The minimum absolute atomic E-state index is 0.0486. The number of aromatic nitrogens is 15. The smallest absolute Gasteiger partial charge is 0.311 e. The predicted molar refractivity (Wildman–Crippen MR) is 248 cm³/mol. The summed E-state index contributed by atoms with van der Waals surface area (Å²) in [4.78, 5) is 32.8. The van der Waals surface area contributed by atoms with Crippen molar-refractivity contribution in [2.45, 2.75) is 77.6 Å². The van der Waals surface area contributed by atoms with Crippen LogP contribution in [0.15, 0.2) is 79.4 Å². The molecule has 358 valence electrons. The number of nitrogens with zero attached hydrogens (tertiary/aromatic N) is 16. The average molecular weight is 951 g/mol. The van der Waals surface area contributed by atoms with Gasteiger partial charge in [0.1, 0.15) is 25.5 Å². The lowest BCUT2D eigenvalue weighted by molar-refractivity contribution is -0.385. The van der Waals surface area contributed by atoms with Gasteiger partial charge in [0.05, 0.1) is 81.1 Å². The fraction of sp³-hybridized carbons (Fsp3) is 0.333. The Bertz CT molecular complexity index is 3230. The van der Waals surface area contributed by atoms with E-state index in [0.717, 1.165) is 24.1 Å². The zero-order chi connectivity index (χ0) is 48.6. The van der Waals surface area contributed by atoms with Crippen LogP contribution in [0.2, 0.25) is 0 Å². The van der Waals surface area contributed by atoms with Crippen LogP contribution in [0.3, 0.4) is 0 Å². The number of para-hydroxylation sites is 3. The number of nitrogen functional groups attached to an aromatic ring is 1. The summed E-state index contributed by atoms with van der Waals surface area (Å²) in [6, 6.07) is 17.5. The summed E-state index contributed by atoms with van der Waals surface area (Å²) in [5.74, 6) is 3.92. The number of hydrogen-bond donors (Lipinski definition) is 2. The monoisotopic (exact) mass is 950 g/mol. The summed E-state index contributed by atoms with van der Waals surface area (Å²) in [7, 11) is 0. The lowest BCUT2D eigenvalue weighted by atomic mass is 10.1. The first-order valence-electron chi connectivity index (χ1n) is 22.5.